The summed E-state index contributed by atoms with van der Waals surface area (Å²) in [6.07, 6.45) is 1.56. The van der Waals surface area contributed by atoms with Gasteiger partial charge in [0.15, 0.2) is 3.95 Å². The fourth-order valence-electron chi connectivity index (χ4n) is 2.83. The molecular formula is C18H14N2O4S2. The van der Waals surface area contributed by atoms with Crippen LogP contribution in [-0.2, 0) is 11.3 Å². The first-order valence-corrected chi connectivity index (χ1v) is 9.16. The van der Waals surface area contributed by atoms with E-state index in [1.54, 1.807) is 41.2 Å². The van der Waals surface area contributed by atoms with Gasteiger partial charge in [-0.2, -0.15) is 0 Å². The van der Waals surface area contributed by atoms with Crippen LogP contribution >= 0.6 is 23.6 Å². The highest BCUT2D eigenvalue weighted by molar-refractivity contribution is 7.73. The minimum absolute atomic E-state index is 0.0652. The third kappa shape index (κ3) is 2.77. The molecule has 1 aliphatic rings. The monoisotopic (exact) mass is 386 g/mol. The molecule has 2 aromatic heterocycles. The Morgan fingerprint density at radius 1 is 1.38 bits per heavy atom. The Hall–Kier alpha value is -2.71. The van der Waals surface area contributed by atoms with Gasteiger partial charge in [-0.25, -0.2) is 4.99 Å². The average Bonchev–Trinajstić information content (AvgIpc) is 3.30. The number of carbonyl (C=O) groups excluding carboxylic acids is 1. The molecule has 4 rings (SSSR count). The molecule has 0 radical (unpaired) electrons. The third-order valence-corrected chi connectivity index (χ3v) is 5.43. The summed E-state index contributed by atoms with van der Waals surface area (Å²) in [5.41, 5.74) is 0.341. The largest absolute Gasteiger partial charge is 0.494 e. The maximum absolute atomic E-state index is 12.5. The predicted molar refractivity (Wildman–Crippen MR) is 98.5 cm³/mol. The van der Waals surface area contributed by atoms with Crippen LogP contribution < -0.4 is 15.3 Å². The molecule has 26 heavy (non-hydrogen) atoms. The van der Waals surface area contributed by atoms with Crippen LogP contribution in [0.5, 0.6) is 11.6 Å². The van der Waals surface area contributed by atoms with Crippen molar-refractivity contribution in [2.75, 3.05) is 6.61 Å². The highest BCUT2D eigenvalue weighted by Gasteiger charge is 2.25. The maximum atomic E-state index is 12.5. The number of carbonyl (C=O) groups is 1. The molecular weight excluding hydrogens is 372 g/mol. The Bertz CT molecular complexity index is 1170. The van der Waals surface area contributed by atoms with Crippen molar-refractivity contribution in [3.05, 3.63) is 61.8 Å². The summed E-state index contributed by atoms with van der Waals surface area (Å²) < 4.78 is 12.8. The smallest absolute Gasteiger partial charge is 0.279 e. The van der Waals surface area contributed by atoms with Crippen molar-refractivity contribution < 1.29 is 19.1 Å². The first-order valence-electron chi connectivity index (χ1n) is 7.94. The fourth-order valence-corrected chi connectivity index (χ4v) is 4.16. The van der Waals surface area contributed by atoms with Crippen LogP contribution in [0.15, 0.2) is 46.0 Å². The van der Waals surface area contributed by atoms with Crippen LogP contribution in [0.1, 0.15) is 17.6 Å². The summed E-state index contributed by atoms with van der Waals surface area (Å²) in [7, 11) is 0. The van der Waals surface area contributed by atoms with Gasteiger partial charge in [-0.1, -0.05) is 0 Å². The molecule has 1 N–H and O–H groups in total. The van der Waals surface area contributed by atoms with Crippen molar-refractivity contribution in [3.63, 3.8) is 0 Å². The van der Waals surface area contributed by atoms with E-state index in [0.717, 1.165) is 0 Å². The van der Waals surface area contributed by atoms with E-state index < -0.39 is 5.91 Å². The molecule has 6 nitrogen and oxygen atoms in total. The number of fused-ring (bicyclic) bond motifs is 1. The molecule has 1 aliphatic heterocycles. The minimum Gasteiger partial charge on any atom is -0.494 e. The fraction of sp³-hybridized carbons (Fsp3) is 0.167. The van der Waals surface area contributed by atoms with E-state index >= 15 is 0 Å². The van der Waals surface area contributed by atoms with Crippen molar-refractivity contribution >= 4 is 35.0 Å². The summed E-state index contributed by atoms with van der Waals surface area (Å²) >= 11 is 6.55. The van der Waals surface area contributed by atoms with Crippen molar-refractivity contribution in [1.82, 2.24) is 4.57 Å². The number of rotatable bonds is 5. The number of nitrogens with zero attached hydrogens (tertiary/aromatic N) is 2. The molecule has 0 atom stereocenters. The zero-order chi connectivity index (χ0) is 18.3. The van der Waals surface area contributed by atoms with E-state index in [1.807, 2.05) is 6.92 Å². The Morgan fingerprint density at radius 2 is 2.23 bits per heavy atom. The molecule has 132 valence electrons. The van der Waals surface area contributed by atoms with Gasteiger partial charge in [0.1, 0.15) is 16.4 Å². The van der Waals surface area contributed by atoms with Crippen molar-refractivity contribution in [2.45, 2.75) is 13.5 Å². The van der Waals surface area contributed by atoms with Gasteiger partial charge < -0.3 is 14.3 Å². The summed E-state index contributed by atoms with van der Waals surface area (Å²) in [5.74, 6) is 0.842. The number of furan rings is 1. The third-order valence-electron chi connectivity index (χ3n) is 3.97. The normalized spacial score (nSPS) is 13.0. The maximum Gasteiger partial charge on any atom is 0.279 e. The van der Waals surface area contributed by atoms with Crippen LogP contribution in [0.3, 0.4) is 0 Å². The van der Waals surface area contributed by atoms with Crippen LogP contribution in [0.4, 0.5) is 0 Å². The molecule has 8 heteroatoms. The second-order valence-corrected chi connectivity index (χ2v) is 7.23. The zero-order valence-corrected chi connectivity index (χ0v) is 15.4. The van der Waals surface area contributed by atoms with E-state index in [2.05, 4.69) is 4.99 Å². The number of hydrogen-bond acceptors (Lipinski definition) is 6. The molecule has 1 aromatic carbocycles. The molecule has 0 bridgehead atoms. The van der Waals surface area contributed by atoms with E-state index in [9.17, 15) is 9.90 Å². The first-order chi connectivity index (χ1) is 12.6. The van der Waals surface area contributed by atoms with Crippen LogP contribution in [0, 0.1) is 3.95 Å². The lowest BCUT2D eigenvalue weighted by Gasteiger charge is -2.04. The Balaban J connectivity index is 1.88. The summed E-state index contributed by atoms with van der Waals surface area (Å²) in [6, 6.07) is 8.84. The van der Waals surface area contributed by atoms with Gasteiger partial charge in [0.05, 0.1) is 30.3 Å². The Kier molecular flexibility index (Phi) is 4.21. The molecule has 0 saturated heterocycles. The minimum atomic E-state index is -0.398. The van der Waals surface area contributed by atoms with Gasteiger partial charge in [0, 0.05) is 5.22 Å². The van der Waals surface area contributed by atoms with Crippen LogP contribution in [0.25, 0.3) is 5.57 Å². The first kappa shape index (κ1) is 16.7. The van der Waals surface area contributed by atoms with Gasteiger partial charge in [-0.3, -0.25) is 9.36 Å². The van der Waals surface area contributed by atoms with Gasteiger partial charge in [0.2, 0.25) is 5.88 Å². The second kappa shape index (κ2) is 6.54. The highest BCUT2D eigenvalue weighted by Crippen LogP contribution is 2.33. The van der Waals surface area contributed by atoms with Crippen molar-refractivity contribution in [3.8, 4) is 11.6 Å². The molecule has 0 spiro atoms. The number of aromatic nitrogens is 1. The predicted octanol–water partition coefficient (Wildman–Crippen LogP) is 2.38. The van der Waals surface area contributed by atoms with E-state index in [0.29, 0.717) is 49.6 Å². The van der Waals surface area contributed by atoms with E-state index in [-0.39, 0.29) is 5.88 Å². The Labute approximate surface area is 157 Å². The lowest BCUT2D eigenvalue weighted by Crippen LogP contribution is -2.23. The molecule has 0 fully saturated rings. The van der Waals surface area contributed by atoms with Crippen LogP contribution in [0.2, 0.25) is 0 Å². The SMILES string of the molecule is CCOc1ccc2c(c1)=C(c1sc(=S)n(Cc3ccco3)c1O)C(=O)N=2. The zero-order valence-electron chi connectivity index (χ0n) is 13.8. The second-order valence-electron chi connectivity index (χ2n) is 5.59. The van der Waals surface area contributed by atoms with Crippen LogP contribution in [-0.4, -0.2) is 22.2 Å². The summed E-state index contributed by atoms with van der Waals surface area (Å²) in [5, 5.41) is 11.9. The summed E-state index contributed by atoms with van der Waals surface area (Å²) in [4.78, 5) is 17.0. The van der Waals surface area contributed by atoms with Crippen molar-refractivity contribution in [1.29, 1.82) is 0 Å². The topological polar surface area (TPSA) is 77.0 Å². The van der Waals surface area contributed by atoms with Gasteiger partial charge in [0.25, 0.3) is 5.91 Å². The Morgan fingerprint density at radius 3 is 2.96 bits per heavy atom. The molecule has 1 amide bonds. The van der Waals surface area contributed by atoms with E-state index in [1.165, 1.54) is 11.3 Å². The molecule has 0 aliphatic carbocycles. The number of ether oxygens (including phenoxy) is 1. The molecule has 0 unspecified atom stereocenters. The van der Waals surface area contributed by atoms with E-state index in [4.69, 9.17) is 21.4 Å². The number of hydrogen-bond donors (Lipinski definition) is 1. The number of thiazole rings is 1. The van der Waals surface area contributed by atoms with Gasteiger partial charge >= 0.3 is 0 Å². The standard InChI is InChI=1S/C18H14N2O4S2/c1-2-23-10-5-6-13-12(8-10)14(16(21)19-13)15-17(22)20(18(25)26-15)9-11-4-3-7-24-11/h3-8,22H,2,9H2,1H3. The quantitative estimate of drug-likeness (QED) is 0.682. The molecule has 0 saturated carbocycles. The summed E-state index contributed by atoms with van der Waals surface area (Å²) in [6.45, 7) is 2.70. The molecule has 3 heterocycles. The number of amides is 1. The highest BCUT2D eigenvalue weighted by atomic mass is 32.1. The number of benzene rings is 1. The number of aromatic hydroxyl groups is 1. The van der Waals surface area contributed by atoms with Gasteiger partial charge in [-0.05, 0) is 49.5 Å². The molecule has 3 aromatic rings. The average molecular weight is 386 g/mol. The lowest BCUT2D eigenvalue weighted by molar-refractivity contribution is -0.112. The van der Waals surface area contributed by atoms with Crippen molar-refractivity contribution in [2.24, 2.45) is 4.99 Å². The van der Waals surface area contributed by atoms with Gasteiger partial charge in [-0.15, -0.1) is 11.3 Å². The lowest BCUT2D eigenvalue weighted by atomic mass is 10.1.